The Bertz CT molecular complexity index is 1320. The van der Waals surface area contributed by atoms with Gasteiger partial charge in [-0.15, -0.1) is 11.3 Å². The molecule has 164 valence electrons. The third-order valence-electron chi connectivity index (χ3n) is 4.20. The summed E-state index contributed by atoms with van der Waals surface area (Å²) in [5, 5.41) is 5.34. The van der Waals surface area contributed by atoms with Crippen LogP contribution in [0.5, 0.6) is 0 Å². The van der Waals surface area contributed by atoms with Crippen LogP contribution < -0.4 is 10.6 Å². The lowest BCUT2D eigenvalue weighted by Gasteiger charge is -2.09. The van der Waals surface area contributed by atoms with Gasteiger partial charge in [-0.2, -0.15) is 0 Å². The number of halogens is 2. The first-order valence-corrected chi connectivity index (χ1v) is 11.1. The Balaban J connectivity index is 1.58. The maximum Gasteiger partial charge on any atom is 0.411 e. The number of ether oxygens (including phenoxy) is 1. The Kier molecular flexibility index (Phi) is 6.19. The number of thiophene rings is 1. The molecule has 11 heteroatoms. The number of hydrogen-bond acceptors (Lipinski definition) is 6. The summed E-state index contributed by atoms with van der Waals surface area (Å²) in [5.74, 6) is -0.469. The number of nitrogens with zero attached hydrogens (tertiary/aromatic N) is 3. The molecule has 8 nitrogen and oxygen atoms in total. The van der Waals surface area contributed by atoms with Crippen LogP contribution in [0.4, 0.5) is 20.6 Å². The number of aromatic nitrogens is 3. The van der Waals surface area contributed by atoms with Crippen LogP contribution in [0.3, 0.4) is 0 Å². The van der Waals surface area contributed by atoms with Crippen molar-refractivity contribution in [1.29, 1.82) is 0 Å². The van der Waals surface area contributed by atoms with E-state index in [1.54, 1.807) is 42.8 Å². The van der Waals surface area contributed by atoms with Gasteiger partial charge in [0.2, 0.25) is 5.78 Å². The van der Waals surface area contributed by atoms with Crippen molar-refractivity contribution in [1.82, 2.24) is 14.4 Å². The number of carbonyl (C=O) groups is 2. The first-order chi connectivity index (χ1) is 15.3. The maximum absolute atomic E-state index is 14.6. The molecule has 4 rings (SSSR count). The van der Waals surface area contributed by atoms with Crippen LogP contribution in [0.15, 0.2) is 52.7 Å². The van der Waals surface area contributed by atoms with Crippen molar-refractivity contribution in [3.63, 3.8) is 0 Å². The average molecular weight is 518 g/mol. The number of anilines is 2. The monoisotopic (exact) mass is 517 g/mol. The van der Waals surface area contributed by atoms with E-state index < -0.39 is 11.9 Å². The number of rotatable bonds is 5. The lowest BCUT2D eigenvalue weighted by atomic mass is 10.1. The van der Waals surface area contributed by atoms with Crippen molar-refractivity contribution >= 4 is 56.4 Å². The summed E-state index contributed by atoms with van der Waals surface area (Å²) in [4.78, 5) is 33.2. The fourth-order valence-corrected chi connectivity index (χ4v) is 4.15. The van der Waals surface area contributed by atoms with Crippen molar-refractivity contribution in [2.24, 2.45) is 0 Å². The summed E-state index contributed by atoms with van der Waals surface area (Å²) in [6, 6.07) is 7.74. The quantitative estimate of drug-likeness (QED) is 0.360. The molecule has 0 aliphatic rings. The Morgan fingerprint density at radius 1 is 1.16 bits per heavy atom. The zero-order chi connectivity index (χ0) is 22.8. The molecule has 3 heterocycles. The van der Waals surface area contributed by atoms with E-state index in [0.29, 0.717) is 27.7 Å². The van der Waals surface area contributed by atoms with Gasteiger partial charge in [0.1, 0.15) is 5.82 Å². The lowest BCUT2D eigenvalue weighted by Crippen LogP contribution is -2.18. The van der Waals surface area contributed by atoms with Gasteiger partial charge in [-0.3, -0.25) is 14.5 Å². The van der Waals surface area contributed by atoms with Gasteiger partial charge in [0, 0.05) is 23.6 Å². The van der Waals surface area contributed by atoms with Crippen LogP contribution >= 0.6 is 27.3 Å². The molecule has 0 fully saturated rings. The number of benzene rings is 1. The molecule has 0 radical (unpaired) electrons. The highest BCUT2D eigenvalue weighted by Crippen LogP contribution is 2.27. The van der Waals surface area contributed by atoms with Crippen LogP contribution in [0.1, 0.15) is 23.5 Å². The molecule has 0 unspecified atom stereocenters. The van der Waals surface area contributed by atoms with Gasteiger partial charge >= 0.3 is 6.09 Å². The molecular weight excluding hydrogens is 501 g/mol. The van der Waals surface area contributed by atoms with Crippen molar-refractivity contribution in [3.8, 4) is 11.3 Å². The van der Waals surface area contributed by atoms with Gasteiger partial charge in [-0.05, 0) is 60.1 Å². The molecule has 2 amide bonds. The van der Waals surface area contributed by atoms with E-state index in [9.17, 15) is 14.0 Å². The smallest absolute Gasteiger partial charge is 0.411 e. The van der Waals surface area contributed by atoms with Crippen molar-refractivity contribution in [2.45, 2.75) is 20.0 Å². The van der Waals surface area contributed by atoms with Gasteiger partial charge in [0.25, 0.3) is 5.91 Å². The van der Waals surface area contributed by atoms with E-state index in [2.05, 4.69) is 36.5 Å². The fraction of sp³-hybridized carbons (Fsp3) is 0.143. The molecule has 0 bridgehead atoms. The number of imidazole rings is 1. The van der Waals surface area contributed by atoms with Gasteiger partial charge in [-0.25, -0.2) is 19.2 Å². The molecule has 0 aliphatic carbocycles. The summed E-state index contributed by atoms with van der Waals surface area (Å²) < 4.78 is 22.0. The molecule has 3 aromatic heterocycles. The van der Waals surface area contributed by atoms with Crippen LogP contribution in [0.25, 0.3) is 17.0 Å². The minimum absolute atomic E-state index is 0.203. The van der Waals surface area contributed by atoms with Crippen molar-refractivity contribution in [2.75, 3.05) is 10.6 Å². The highest BCUT2D eigenvalue weighted by molar-refractivity contribution is 9.11. The van der Waals surface area contributed by atoms with Crippen LogP contribution in [-0.4, -0.2) is 32.5 Å². The average Bonchev–Trinajstić information content (AvgIpc) is 3.34. The van der Waals surface area contributed by atoms with E-state index in [4.69, 9.17) is 4.74 Å². The minimum atomic E-state index is -0.603. The molecule has 0 aliphatic heterocycles. The Hall–Kier alpha value is -3.31. The molecule has 0 atom stereocenters. The molecule has 0 saturated carbocycles. The number of hydrogen-bond donors (Lipinski definition) is 2. The van der Waals surface area contributed by atoms with Crippen LogP contribution in [0, 0.1) is 5.82 Å². The largest absolute Gasteiger partial charge is 0.447 e. The summed E-state index contributed by atoms with van der Waals surface area (Å²) in [6.07, 6.45) is 3.75. The molecule has 32 heavy (non-hydrogen) atoms. The summed E-state index contributed by atoms with van der Waals surface area (Å²) in [5.41, 5.74) is 1.36. The van der Waals surface area contributed by atoms with Crippen LogP contribution in [0.2, 0.25) is 0 Å². The Labute approximate surface area is 194 Å². The Morgan fingerprint density at radius 2 is 1.97 bits per heavy atom. The van der Waals surface area contributed by atoms with Gasteiger partial charge in [0.15, 0.2) is 0 Å². The third kappa shape index (κ3) is 4.94. The highest BCUT2D eigenvalue weighted by atomic mass is 79.9. The van der Waals surface area contributed by atoms with E-state index in [-0.39, 0.29) is 17.6 Å². The summed E-state index contributed by atoms with van der Waals surface area (Å²) in [7, 11) is 0. The molecular formula is C21H17BrFN5O3S. The Morgan fingerprint density at radius 3 is 2.69 bits per heavy atom. The molecule has 2 N–H and O–H groups in total. The molecule has 1 aromatic carbocycles. The number of amides is 2. The second kappa shape index (κ2) is 9.05. The topological polar surface area (TPSA) is 97.6 Å². The van der Waals surface area contributed by atoms with E-state index in [0.717, 1.165) is 3.79 Å². The summed E-state index contributed by atoms with van der Waals surface area (Å²) >= 11 is 4.62. The minimum Gasteiger partial charge on any atom is -0.447 e. The SMILES string of the molecule is CC(C)OC(=O)Nc1cnc2nc(-c3cc(NC(=O)c4ccc(Br)s4)ccc3F)cn2c1. The predicted octanol–water partition coefficient (Wildman–Crippen LogP) is 5.57. The fourth-order valence-electron chi connectivity index (χ4n) is 2.87. The predicted molar refractivity (Wildman–Crippen MR) is 124 cm³/mol. The standard InChI is InChI=1S/C21H17BrFN5O3S/c1-11(2)31-21(30)26-13-8-24-20-27-16(10-28(20)9-13)14-7-12(3-4-15(14)23)25-19(29)17-5-6-18(22)32-17/h3-11H,1-2H3,(H,25,29)(H,26,30). The molecule has 0 spiro atoms. The van der Waals surface area contributed by atoms with E-state index in [1.165, 1.54) is 35.7 Å². The van der Waals surface area contributed by atoms with Crippen molar-refractivity contribution < 1.29 is 18.7 Å². The molecule has 0 saturated heterocycles. The van der Waals surface area contributed by atoms with Crippen molar-refractivity contribution in [3.05, 3.63) is 63.4 Å². The molecule has 4 aromatic rings. The summed E-state index contributed by atoms with van der Waals surface area (Å²) in [6.45, 7) is 3.49. The highest BCUT2D eigenvalue weighted by Gasteiger charge is 2.15. The number of fused-ring (bicyclic) bond motifs is 1. The maximum atomic E-state index is 14.6. The second-order valence-corrected chi connectivity index (χ2v) is 9.47. The zero-order valence-corrected chi connectivity index (χ0v) is 19.3. The van der Waals surface area contributed by atoms with Gasteiger partial charge < -0.3 is 10.1 Å². The second-order valence-electron chi connectivity index (χ2n) is 7.01. The van der Waals surface area contributed by atoms with Gasteiger partial charge in [0.05, 0.1) is 32.3 Å². The first-order valence-electron chi connectivity index (χ1n) is 9.47. The van der Waals surface area contributed by atoms with E-state index >= 15 is 0 Å². The van der Waals surface area contributed by atoms with Gasteiger partial charge in [-0.1, -0.05) is 0 Å². The zero-order valence-electron chi connectivity index (χ0n) is 16.9. The number of carbonyl (C=O) groups excluding carboxylic acids is 2. The normalized spacial score (nSPS) is 11.0. The number of nitrogens with one attached hydrogen (secondary N) is 2. The third-order valence-corrected chi connectivity index (χ3v) is 5.82. The lowest BCUT2D eigenvalue weighted by molar-refractivity contribution is 0.103. The first kappa shape index (κ1) is 21.9. The van der Waals surface area contributed by atoms with Crippen LogP contribution in [-0.2, 0) is 4.74 Å². The van der Waals surface area contributed by atoms with E-state index in [1.807, 2.05) is 0 Å².